The summed E-state index contributed by atoms with van der Waals surface area (Å²) >= 11 is 1.56. The number of nitriles is 1. The van der Waals surface area contributed by atoms with Gasteiger partial charge in [-0.05, 0) is 31.2 Å². The molecule has 2 heterocycles. The Hall–Kier alpha value is -2.59. The Labute approximate surface area is 150 Å². The number of carbonyl (C=O) groups excluding carboxylic acids is 1. The van der Waals surface area contributed by atoms with Crippen molar-refractivity contribution >= 4 is 17.7 Å². The van der Waals surface area contributed by atoms with Gasteiger partial charge in [0.05, 0.1) is 12.1 Å². The summed E-state index contributed by atoms with van der Waals surface area (Å²) in [5, 5.41) is 9.10. The van der Waals surface area contributed by atoms with Crippen LogP contribution < -0.4 is 4.74 Å². The van der Waals surface area contributed by atoms with Crippen molar-refractivity contribution in [2.75, 3.05) is 19.3 Å². The summed E-state index contributed by atoms with van der Waals surface area (Å²) in [5.41, 5.74) is 0.881. The molecule has 1 aliphatic rings. The van der Waals surface area contributed by atoms with E-state index < -0.39 is 0 Å². The van der Waals surface area contributed by atoms with E-state index in [2.05, 4.69) is 9.97 Å². The maximum Gasteiger partial charge on any atom is 0.255 e. The van der Waals surface area contributed by atoms with Crippen LogP contribution in [0, 0.1) is 11.3 Å². The second-order valence-corrected chi connectivity index (χ2v) is 6.50. The molecular weight excluding hydrogens is 336 g/mol. The number of piperidine rings is 1. The summed E-state index contributed by atoms with van der Waals surface area (Å²) in [6.45, 7) is 1.18. The lowest BCUT2D eigenvalue weighted by atomic mass is 10.1. The predicted molar refractivity (Wildman–Crippen MR) is 94.5 cm³/mol. The maximum absolute atomic E-state index is 12.9. The normalized spacial score (nSPS) is 17.0. The lowest BCUT2D eigenvalue weighted by molar-refractivity contribution is 0.0523. The van der Waals surface area contributed by atoms with Crippen LogP contribution in [0.25, 0.3) is 0 Å². The van der Waals surface area contributed by atoms with Crippen molar-refractivity contribution in [1.29, 1.82) is 5.26 Å². The van der Waals surface area contributed by atoms with Gasteiger partial charge in [0.15, 0.2) is 0 Å². The van der Waals surface area contributed by atoms with Crippen molar-refractivity contribution in [2.45, 2.75) is 23.8 Å². The van der Waals surface area contributed by atoms with E-state index in [1.165, 1.54) is 12.4 Å². The molecule has 1 saturated heterocycles. The Morgan fingerprint density at radius 3 is 2.96 bits per heavy atom. The highest BCUT2D eigenvalue weighted by molar-refractivity contribution is 7.98. The SMILES string of the molecule is CSc1ccccc1C(=O)N1CCCC(Oc2nccnc2C#N)C1. The van der Waals surface area contributed by atoms with Gasteiger partial charge in [-0.2, -0.15) is 5.26 Å². The van der Waals surface area contributed by atoms with Crippen molar-refractivity contribution in [3.05, 3.63) is 47.9 Å². The molecule has 1 atom stereocenters. The van der Waals surface area contributed by atoms with E-state index in [0.29, 0.717) is 18.7 Å². The predicted octanol–water partition coefficient (Wildman–Crippen LogP) is 2.75. The van der Waals surface area contributed by atoms with Crippen molar-refractivity contribution in [3.8, 4) is 11.9 Å². The molecule has 1 aliphatic heterocycles. The molecule has 0 aliphatic carbocycles. The summed E-state index contributed by atoms with van der Waals surface area (Å²) in [4.78, 5) is 23.7. The molecule has 1 fully saturated rings. The van der Waals surface area contributed by atoms with Gasteiger partial charge in [-0.15, -0.1) is 11.8 Å². The third kappa shape index (κ3) is 3.91. The number of hydrogen-bond acceptors (Lipinski definition) is 6. The van der Waals surface area contributed by atoms with Crippen molar-refractivity contribution < 1.29 is 9.53 Å². The average molecular weight is 354 g/mol. The lowest BCUT2D eigenvalue weighted by Crippen LogP contribution is -2.44. The molecule has 0 radical (unpaired) electrons. The Kier molecular flexibility index (Phi) is 5.51. The summed E-state index contributed by atoms with van der Waals surface area (Å²) in [5.74, 6) is 0.242. The topological polar surface area (TPSA) is 79.1 Å². The van der Waals surface area contributed by atoms with E-state index in [1.807, 2.05) is 41.5 Å². The monoisotopic (exact) mass is 354 g/mol. The number of carbonyl (C=O) groups is 1. The Morgan fingerprint density at radius 1 is 1.36 bits per heavy atom. The lowest BCUT2D eigenvalue weighted by Gasteiger charge is -2.33. The molecule has 0 N–H and O–H groups in total. The van der Waals surface area contributed by atoms with Crippen LogP contribution in [-0.4, -0.2) is 46.2 Å². The molecule has 0 bridgehead atoms. The van der Waals surface area contributed by atoms with Crippen LogP contribution in [0.2, 0.25) is 0 Å². The van der Waals surface area contributed by atoms with Crippen molar-refractivity contribution in [2.24, 2.45) is 0 Å². The van der Waals surface area contributed by atoms with Crippen molar-refractivity contribution in [1.82, 2.24) is 14.9 Å². The van der Waals surface area contributed by atoms with E-state index in [0.717, 1.165) is 17.7 Å². The van der Waals surface area contributed by atoms with Crippen LogP contribution in [0.4, 0.5) is 0 Å². The molecule has 1 unspecified atom stereocenters. The third-order valence-electron chi connectivity index (χ3n) is 4.05. The fraction of sp³-hybridized carbons (Fsp3) is 0.333. The zero-order valence-electron chi connectivity index (χ0n) is 13.9. The number of thioether (sulfide) groups is 1. The minimum atomic E-state index is -0.192. The summed E-state index contributed by atoms with van der Waals surface area (Å²) in [6.07, 6.45) is 6.39. The summed E-state index contributed by atoms with van der Waals surface area (Å²) in [6, 6.07) is 9.60. The second-order valence-electron chi connectivity index (χ2n) is 5.66. The van der Waals surface area contributed by atoms with Crippen LogP contribution in [0.15, 0.2) is 41.6 Å². The van der Waals surface area contributed by atoms with Crippen LogP contribution in [0.1, 0.15) is 28.9 Å². The first-order valence-electron chi connectivity index (χ1n) is 8.03. The molecule has 1 amide bonds. The zero-order chi connectivity index (χ0) is 17.6. The number of amides is 1. The molecule has 0 spiro atoms. The molecule has 7 heteroatoms. The van der Waals surface area contributed by atoms with Gasteiger partial charge in [-0.25, -0.2) is 9.97 Å². The zero-order valence-corrected chi connectivity index (χ0v) is 14.7. The molecule has 0 saturated carbocycles. The standard InChI is InChI=1S/C18H18N4O2S/c1-25-16-7-3-2-6-14(16)18(23)22-10-4-5-13(12-22)24-17-15(11-19)20-8-9-21-17/h2-3,6-9,13H,4-5,10,12H2,1H3. The number of benzene rings is 1. The highest BCUT2D eigenvalue weighted by Crippen LogP contribution is 2.24. The van der Waals surface area contributed by atoms with Gasteiger partial charge in [0.1, 0.15) is 12.2 Å². The van der Waals surface area contributed by atoms with Gasteiger partial charge < -0.3 is 9.64 Å². The Bertz CT molecular complexity index is 806. The average Bonchev–Trinajstić information content (AvgIpc) is 2.68. The molecule has 1 aromatic heterocycles. The summed E-state index contributed by atoms with van der Waals surface area (Å²) < 4.78 is 5.85. The minimum Gasteiger partial charge on any atom is -0.470 e. The van der Waals surface area contributed by atoms with Crippen LogP contribution in [0.3, 0.4) is 0 Å². The highest BCUT2D eigenvalue weighted by atomic mass is 32.2. The number of aromatic nitrogens is 2. The Balaban J connectivity index is 1.73. The van der Waals surface area contributed by atoms with Gasteiger partial charge in [0, 0.05) is 23.8 Å². The highest BCUT2D eigenvalue weighted by Gasteiger charge is 2.27. The quantitative estimate of drug-likeness (QED) is 0.786. The molecule has 25 heavy (non-hydrogen) atoms. The first-order chi connectivity index (χ1) is 12.2. The van der Waals surface area contributed by atoms with E-state index in [9.17, 15) is 4.79 Å². The van der Waals surface area contributed by atoms with E-state index >= 15 is 0 Å². The summed E-state index contributed by atoms with van der Waals surface area (Å²) in [7, 11) is 0. The number of rotatable bonds is 4. The van der Waals surface area contributed by atoms with Crippen LogP contribution in [-0.2, 0) is 0 Å². The fourth-order valence-electron chi connectivity index (χ4n) is 2.86. The van der Waals surface area contributed by atoms with Crippen LogP contribution >= 0.6 is 11.8 Å². The molecule has 3 rings (SSSR count). The number of likely N-dealkylation sites (tertiary alicyclic amines) is 1. The van der Waals surface area contributed by atoms with Crippen molar-refractivity contribution in [3.63, 3.8) is 0 Å². The first-order valence-corrected chi connectivity index (χ1v) is 9.25. The number of hydrogen-bond donors (Lipinski definition) is 0. The maximum atomic E-state index is 12.9. The fourth-order valence-corrected chi connectivity index (χ4v) is 3.45. The largest absolute Gasteiger partial charge is 0.470 e. The molecule has 2 aromatic rings. The molecule has 6 nitrogen and oxygen atoms in total. The Morgan fingerprint density at radius 2 is 2.16 bits per heavy atom. The van der Waals surface area contributed by atoms with E-state index in [4.69, 9.17) is 10.00 Å². The molecule has 128 valence electrons. The van der Waals surface area contributed by atoms with Gasteiger partial charge in [-0.3, -0.25) is 4.79 Å². The van der Waals surface area contributed by atoms with Gasteiger partial charge in [0.2, 0.25) is 5.69 Å². The second kappa shape index (κ2) is 7.99. The van der Waals surface area contributed by atoms with E-state index in [-0.39, 0.29) is 23.6 Å². The molecular formula is C18H18N4O2S. The third-order valence-corrected chi connectivity index (χ3v) is 4.85. The first kappa shape index (κ1) is 17.2. The minimum absolute atomic E-state index is 0.0119. The van der Waals surface area contributed by atoms with Gasteiger partial charge in [0.25, 0.3) is 11.8 Å². The number of nitrogens with zero attached hydrogens (tertiary/aromatic N) is 4. The number of ether oxygens (including phenoxy) is 1. The smallest absolute Gasteiger partial charge is 0.255 e. The van der Waals surface area contributed by atoms with Crippen LogP contribution in [0.5, 0.6) is 5.88 Å². The van der Waals surface area contributed by atoms with Gasteiger partial charge >= 0.3 is 0 Å². The van der Waals surface area contributed by atoms with Gasteiger partial charge in [-0.1, -0.05) is 12.1 Å². The molecule has 1 aromatic carbocycles. The van der Waals surface area contributed by atoms with E-state index in [1.54, 1.807) is 11.8 Å².